The molecule has 4 aliphatic carbocycles. The molecule has 0 aromatic rings. The summed E-state index contributed by atoms with van der Waals surface area (Å²) in [5, 5.41) is 21.2. The normalized spacial score (nSPS) is 54.0. The van der Waals surface area contributed by atoms with Crippen LogP contribution in [0.2, 0.25) is 0 Å². The molecule has 2 heteroatoms. The van der Waals surface area contributed by atoms with Crippen molar-refractivity contribution in [3.05, 3.63) is 11.6 Å². The predicted octanol–water partition coefficient (Wildman–Crippen LogP) is 4.55. The van der Waals surface area contributed by atoms with E-state index in [0.29, 0.717) is 23.2 Å². The molecule has 0 spiro atoms. The number of aliphatic hydroxyl groups excluding tert-OH is 2. The highest BCUT2D eigenvalue weighted by molar-refractivity contribution is 5.27. The molecule has 24 heavy (non-hydrogen) atoms. The summed E-state index contributed by atoms with van der Waals surface area (Å²) >= 11 is 0. The van der Waals surface area contributed by atoms with Crippen LogP contribution in [0.3, 0.4) is 0 Å². The molecule has 8 atom stereocenters. The molecule has 0 heterocycles. The standard InChI is InChI=1S/C22H36O2/c1-13(2)16-5-6-17-20-18(8-10-22(16,17)4)21(3)9-7-15(23)11-14(21)12-19(20)24/h11,13,15-20,23-24H,5-10,12H2,1-4H3/t15-,16-,17+,18+,19-,20?,21+,22-/m1/s1. The van der Waals surface area contributed by atoms with Gasteiger partial charge in [0, 0.05) is 0 Å². The molecular formula is C22H36O2. The lowest BCUT2D eigenvalue weighted by atomic mass is 9.45. The van der Waals surface area contributed by atoms with Crippen molar-refractivity contribution in [3.63, 3.8) is 0 Å². The first-order valence-corrected chi connectivity index (χ1v) is 10.3. The summed E-state index contributed by atoms with van der Waals surface area (Å²) in [5.74, 6) is 3.37. The summed E-state index contributed by atoms with van der Waals surface area (Å²) in [6.45, 7) is 9.76. The Morgan fingerprint density at radius 2 is 1.75 bits per heavy atom. The van der Waals surface area contributed by atoms with E-state index in [9.17, 15) is 10.2 Å². The molecule has 0 bridgehead atoms. The lowest BCUT2D eigenvalue weighted by Gasteiger charge is -2.60. The van der Waals surface area contributed by atoms with Crippen LogP contribution in [-0.4, -0.2) is 22.4 Å². The van der Waals surface area contributed by atoms with Gasteiger partial charge in [-0.15, -0.1) is 0 Å². The van der Waals surface area contributed by atoms with Crippen LogP contribution in [0.25, 0.3) is 0 Å². The Morgan fingerprint density at radius 3 is 2.46 bits per heavy atom. The van der Waals surface area contributed by atoms with Crippen molar-refractivity contribution in [2.45, 2.75) is 84.8 Å². The summed E-state index contributed by atoms with van der Waals surface area (Å²) in [5.41, 5.74) is 2.01. The van der Waals surface area contributed by atoms with Crippen LogP contribution < -0.4 is 0 Å². The molecule has 0 saturated heterocycles. The van der Waals surface area contributed by atoms with Gasteiger partial charge >= 0.3 is 0 Å². The molecule has 2 nitrogen and oxygen atoms in total. The fourth-order valence-electron chi connectivity index (χ4n) is 7.81. The zero-order chi connectivity index (χ0) is 17.3. The molecule has 3 saturated carbocycles. The molecule has 3 fully saturated rings. The van der Waals surface area contributed by atoms with E-state index in [1.807, 2.05) is 0 Å². The minimum atomic E-state index is -0.289. The largest absolute Gasteiger partial charge is 0.392 e. The van der Waals surface area contributed by atoms with Crippen LogP contribution in [0.15, 0.2) is 11.6 Å². The van der Waals surface area contributed by atoms with Crippen molar-refractivity contribution in [3.8, 4) is 0 Å². The average molecular weight is 333 g/mol. The van der Waals surface area contributed by atoms with Gasteiger partial charge in [0.15, 0.2) is 0 Å². The Labute approximate surface area is 147 Å². The third kappa shape index (κ3) is 2.21. The van der Waals surface area contributed by atoms with E-state index in [1.165, 1.54) is 31.3 Å². The maximum absolute atomic E-state index is 11.1. The molecule has 0 radical (unpaired) electrons. The Bertz CT molecular complexity index is 538. The number of hydrogen-bond donors (Lipinski definition) is 2. The third-order valence-corrected chi connectivity index (χ3v) is 8.99. The zero-order valence-corrected chi connectivity index (χ0v) is 16.0. The number of fused-ring (bicyclic) bond motifs is 5. The highest BCUT2D eigenvalue weighted by atomic mass is 16.3. The second-order valence-electron chi connectivity index (χ2n) is 10.2. The van der Waals surface area contributed by atoms with Gasteiger partial charge in [-0.25, -0.2) is 0 Å². The minimum Gasteiger partial charge on any atom is -0.392 e. The first-order chi connectivity index (χ1) is 11.3. The topological polar surface area (TPSA) is 40.5 Å². The van der Waals surface area contributed by atoms with Crippen LogP contribution in [0, 0.1) is 40.4 Å². The lowest BCUT2D eigenvalue weighted by Crippen LogP contribution is -2.55. The van der Waals surface area contributed by atoms with E-state index in [1.54, 1.807) is 0 Å². The molecule has 136 valence electrons. The second kappa shape index (κ2) is 5.58. The highest BCUT2D eigenvalue weighted by Gasteiger charge is 2.61. The number of hydrogen-bond acceptors (Lipinski definition) is 2. The molecule has 0 aliphatic heterocycles. The van der Waals surface area contributed by atoms with Gasteiger partial charge in [-0.2, -0.15) is 0 Å². The Morgan fingerprint density at radius 1 is 1.00 bits per heavy atom. The molecule has 0 aromatic heterocycles. The molecular weight excluding hydrogens is 296 g/mol. The summed E-state index contributed by atoms with van der Waals surface area (Å²) in [6.07, 6.45) is 9.67. The lowest BCUT2D eigenvalue weighted by molar-refractivity contribution is -0.114. The van der Waals surface area contributed by atoms with Gasteiger partial charge in [-0.05, 0) is 85.4 Å². The van der Waals surface area contributed by atoms with E-state index in [0.717, 1.165) is 31.1 Å². The van der Waals surface area contributed by atoms with Gasteiger partial charge in [0.05, 0.1) is 12.2 Å². The fraction of sp³-hybridized carbons (Fsp3) is 0.909. The smallest absolute Gasteiger partial charge is 0.0724 e. The second-order valence-corrected chi connectivity index (χ2v) is 10.2. The van der Waals surface area contributed by atoms with Crippen molar-refractivity contribution >= 4 is 0 Å². The molecule has 0 aromatic carbocycles. The van der Waals surface area contributed by atoms with Gasteiger partial charge in [0.25, 0.3) is 0 Å². The monoisotopic (exact) mass is 332 g/mol. The van der Waals surface area contributed by atoms with Crippen LogP contribution in [-0.2, 0) is 0 Å². The van der Waals surface area contributed by atoms with Gasteiger partial charge in [-0.1, -0.05) is 39.3 Å². The predicted molar refractivity (Wildman–Crippen MR) is 97.4 cm³/mol. The quantitative estimate of drug-likeness (QED) is 0.691. The summed E-state index contributed by atoms with van der Waals surface area (Å²) in [7, 11) is 0. The Balaban J connectivity index is 1.69. The Hall–Kier alpha value is -0.340. The van der Waals surface area contributed by atoms with Crippen LogP contribution in [0.4, 0.5) is 0 Å². The summed E-state index contributed by atoms with van der Waals surface area (Å²) in [6, 6.07) is 0. The van der Waals surface area contributed by atoms with E-state index in [-0.39, 0.29) is 17.6 Å². The van der Waals surface area contributed by atoms with Crippen molar-refractivity contribution in [1.82, 2.24) is 0 Å². The summed E-state index contributed by atoms with van der Waals surface area (Å²) < 4.78 is 0. The first kappa shape index (κ1) is 17.1. The van der Waals surface area contributed by atoms with Crippen LogP contribution in [0.1, 0.15) is 72.6 Å². The van der Waals surface area contributed by atoms with E-state index < -0.39 is 0 Å². The molecule has 4 rings (SSSR count). The van der Waals surface area contributed by atoms with Crippen molar-refractivity contribution in [2.24, 2.45) is 40.4 Å². The van der Waals surface area contributed by atoms with Crippen LogP contribution in [0.5, 0.6) is 0 Å². The fourth-order valence-corrected chi connectivity index (χ4v) is 7.81. The van der Waals surface area contributed by atoms with Gasteiger partial charge in [0.1, 0.15) is 0 Å². The van der Waals surface area contributed by atoms with E-state index >= 15 is 0 Å². The van der Waals surface area contributed by atoms with Gasteiger partial charge < -0.3 is 10.2 Å². The molecule has 0 amide bonds. The summed E-state index contributed by atoms with van der Waals surface area (Å²) in [4.78, 5) is 0. The maximum atomic E-state index is 11.1. The van der Waals surface area contributed by atoms with E-state index in [4.69, 9.17) is 0 Å². The van der Waals surface area contributed by atoms with Crippen molar-refractivity contribution in [1.29, 1.82) is 0 Å². The first-order valence-electron chi connectivity index (χ1n) is 10.3. The van der Waals surface area contributed by atoms with Gasteiger partial charge in [-0.3, -0.25) is 0 Å². The Kier molecular flexibility index (Phi) is 3.97. The number of aliphatic hydroxyl groups is 2. The van der Waals surface area contributed by atoms with Crippen LogP contribution >= 0.6 is 0 Å². The van der Waals surface area contributed by atoms with E-state index in [2.05, 4.69) is 33.8 Å². The molecule has 4 aliphatic rings. The SMILES string of the molecule is CC(C)[C@H]1CC[C@H]2C3[C@H](O)CC4=C[C@H](O)CC[C@]4(C)[C@H]3CC[C@]12C. The molecule has 2 N–H and O–H groups in total. The maximum Gasteiger partial charge on any atom is 0.0724 e. The third-order valence-electron chi connectivity index (χ3n) is 8.99. The van der Waals surface area contributed by atoms with Crippen molar-refractivity contribution < 1.29 is 10.2 Å². The number of rotatable bonds is 1. The van der Waals surface area contributed by atoms with Gasteiger partial charge in [0.2, 0.25) is 0 Å². The zero-order valence-electron chi connectivity index (χ0n) is 16.0. The molecule has 1 unspecified atom stereocenters. The average Bonchev–Trinajstić information content (AvgIpc) is 2.86. The van der Waals surface area contributed by atoms with Crippen molar-refractivity contribution in [2.75, 3.05) is 0 Å². The minimum absolute atomic E-state index is 0.199. The highest BCUT2D eigenvalue weighted by Crippen LogP contribution is 2.67.